The van der Waals surface area contributed by atoms with E-state index >= 15 is 0 Å². The molecule has 1 aliphatic rings. The highest BCUT2D eigenvalue weighted by molar-refractivity contribution is 5.79. The van der Waals surface area contributed by atoms with Gasteiger partial charge >= 0.3 is 0 Å². The van der Waals surface area contributed by atoms with Crippen molar-refractivity contribution in [3.63, 3.8) is 0 Å². The van der Waals surface area contributed by atoms with Crippen molar-refractivity contribution in [1.29, 1.82) is 0 Å². The SMILES string of the molecule is CN(C)c1ncncc1N1CCC(C(=O)NCc2cccnc2)CC1. The van der Waals surface area contributed by atoms with E-state index in [0.717, 1.165) is 43.0 Å². The number of anilines is 2. The molecule has 1 saturated heterocycles. The molecule has 1 aliphatic heterocycles. The van der Waals surface area contributed by atoms with E-state index in [9.17, 15) is 4.79 Å². The van der Waals surface area contributed by atoms with Crippen LogP contribution in [0.2, 0.25) is 0 Å². The van der Waals surface area contributed by atoms with Gasteiger partial charge in [0.15, 0.2) is 5.82 Å². The lowest BCUT2D eigenvalue weighted by molar-refractivity contribution is -0.125. The summed E-state index contributed by atoms with van der Waals surface area (Å²) < 4.78 is 0. The van der Waals surface area contributed by atoms with Crippen molar-refractivity contribution in [3.05, 3.63) is 42.6 Å². The summed E-state index contributed by atoms with van der Waals surface area (Å²) in [6, 6.07) is 3.85. The lowest BCUT2D eigenvalue weighted by Crippen LogP contribution is -2.41. The van der Waals surface area contributed by atoms with Crippen LogP contribution in [0, 0.1) is 5.92 Å². The molecule has 0 bridgehead atoms. The minimum Gasteiger partial charge on any atom is -0.367 e. The molecule has 0 saturated carbocycles. The van der Waals surface area contributed by atoms with Crippen molar-refractivity contribution in [2.45, 2.75) is 19.4 Å². The first kappa shape index (κ1) is 17.1. The molecule has 2 aromatic rings. The van der Waals surface area contributed by atoms with Crippen molar-refractivity contribution in [3.8, 4) is 0 Å². The van der Waals surface area contributed by atoms with Crippen LogP contribution in [0.4, 0.5) is 11.5 Å². The fourth-order valence-corrected chi connectivity index (χ4v) is 3.10. The second-order valence-electron chi connectivity index (χ2n) is 6.47. The van der Waals surface area contributed by atoms with Crippen LogP contribution in [0.5, 0.6) is 0 Å². The summed E-state index contributed by atoms with van der Waals surface area (Å²) >= 11 is 0. The van der Waals surface area contributed by atoms with Gasteiger partial charge < -0.3 is 15.1 Å². The summed E-state index contributed by atoms with van der Waals surface area (Å²) in [6.45, 7) is 2.20. The number of pyridine rings is 1. The average molecular weight is 340 g/mol. The Kier molecular flexibility index (Phi) is 5.42. The summed E-state index contributed by atoms with van der Waals surface area (Å²) in [7, 11) is 3.95. The second-order valence-corrected chi connectivity index (χ2v) is 6.47. The van der Waals surface area contributed by atoms with Gasteiger partial charge in [-0.25, -0.2) is 9.97 Å². The number of carbonyl (C=O) groups is 1. The minimum absolute atomic E-state index is 0.0559. The Labute approximate surface area is 148 Å². The molecule has 2 aromatic heterocycles. The highest BCUT2D eigenvalue weighted by Crippen LogP contribution is 2.28. The molecule has 0 aliphatic carbocycles. The number of hydrogen-bond donors (Lipinski definition) is 1. The van der Waals surface area contributed by atoms with Crippen LogP contribution in [0.25, 0.3) is 0 Å². The molecule has 7 heteroatoms. The fourth-order valence-electron chi connectivity index (χ4n) is 3.10. The van der Waals surface area contributed by atoms with Crippen LogP contribution in [0.1, 0.15) is 18.4 Å². The lowest BCUT2D eigenvalue weighted by Gasteiger charge is -2.34. The van der Waals surface area contributed by atoms with Gasteiger partial charge in [-0.1, -0.05) is 6.07 Å². The smallest absolute Gasteiger partial charge is 0.223 e. The highest BCUT2D eigenvalue weighted by atomic mass is 16.1. The Morgan fingerprint density at radius 2 is 2.08 bits per heavy atom. The van der Waals surface area contributed by atoms with Gasteiger partial charge in [-0.15, -0.1) is 0 Å². The first-order chi connectivity index (χ1) is 12.1. The van der Waals surface area contributed by atoms with E-state index in [0.29, 0.717) is 6.54 Å². The van der Waals surface area contributed by atoms with Gasteiger partial charge in [0.1, 0.15) is 6.33 Å². The molecule has 0 unspecified atom stereocenters. The van der Waals surface area contributed by atoms with Gasteiger partial charge in [0.25, 0.3) is 0 Å². The molecule has 0 atom stereocenters. The highest BCUT2D eigenvalue weighted by Gasteiger charge is 2.26. The van der Waals surface area contributed by atoms with Gasteiger partial charge in [-0.2, -0.15) is 0 Å². The monoisotopic (exact) mass is 340 g/mol. The Balaban J connectivity index is 1.54. The average Bonchev–Trinajstić information content (AvgIpc) is 2.67. The number of hydrogen-bond acceptors (Lipinski definition) is 6. The van der Waals surface area contributed by atoms with Crippen LogP contribution >= 0.6 is 0 Å². The first-order valence-corrected chi connectivity index (χ1v) is 8.54. The van der Waals surface area contributed by atoms with Crippen molar-refractivity contribution in [2.24, 2.45) is 5.92 Å². The normalized spacial score (nSPS) is 15.0. The Hall–Kier alpha value is -2.70. The van der Waals surface area contributed by atoms with E-state index in [2.05, 4.69) is 25.2 Å². The number of carbonyl (C=O) groups excluding carboxylic acids is 1. The molecule has 0 spiro atoms. The second kappa shape index (κ2) is 7.92. The summed E-state index contributed by atoms with van der Waals surface area (Å²) in [5.74, 6) is 1.09. The zero-order chi connectivity index (χ0) is 17.6. The third-order valence-corrected chi connectivity index (χ3v) is 4.49. The number of piperidine rings is 1. The molecule has 0 aromatic carbocycles. The maximum absolute atomic E-state index is 12.4. The molecule has 1 N–H and O–H groups in total. The molecular formula is C18H24N6O. The lowest BCUT2D eigenvalue weighted by atomic mass is 9.95. The Bertz CT molecular complexity index is 698. The first-order valence-electron chi connectivity index (χ1n) is 8.54. The summed E-state index contributed by atoms with van der Waals surface area (Å²) in [5, 5.41) is 3.02. The zero-order valence-corrected chi connectivity index (χ0v) is 14.7. The quantitative estimate of drug-likeness (QED) is 0.888. The van der Waals surface area contributed by atoms with Gasteiger partial charge in [-0.05, 0) is 24.5 Å². The number of nitrogens with zero attached hydrogens (tertiary/aromatic N) is 5. The van der Waals surface area contributed by atoms with E-state index in [-0.39, 0.29) is 11.8 Å². The molecular weight excluding hydrogens is 316 g/mol. The molecule has 3 rings (SSSR count). The fraction of sp³-hybridized carbons (Fsp3) is 0.444. The van der Waals surface area contributed by atoms with E-state index in [1.165, 1.54) is 0 Å². The standard InChI is InChI=1S/C18H24N6O/c1-23(2)17-16(12-20-13-22-17)24-8-5-15(6-9-24)18(25)21-11-14-4-3-7-19-10-14/h3-4,7,10,12-13,15H,5-6,8-9,11H2,1-2H3,(H,21,25). The number of rotatable bonds is 5. The van der Waals surface area contributed by atoms with E-state index in [4.69, 9.17) is 0 Å². The van der Waals surface area contributed by atoms with Crippen molar-refractivity contribution in [2.75, 3.05) is 37.0 Å². The number of aromatic nitrogens is 3. The van der Waals surface area contributed by atoms with Crippen molar-refractivity contribution >= 4 is 17.4 Å². The molecule has 1 fully saturated rings. The molecule has 1 amide bonds. The van der Waals surface area contributed by atoms with Crippen molar-refractivity contribution < 1.29 is 4.79 Å². The predicted molar refractivity (Wildman–Crippen MR) is 97.4 cm³/mol. The van der Waals surface area contributed by atoms with Crippen LogP contribution in [0.15, 0.2) is 37.1 Å². The molecule has 25 heavy (non-hydrogen) atoms. The maximum atomic E-state index is 12.4. The van der Waals surface area contributed by atoms with E-state index < -0.39 is 0 Å². The van der Waals surface area contributed by atoms with Crippen molar-refractivity contribution in [1.82, 2.24) is 20.3 Å². The summed E-state index contributed by atoms with van der Waals surface area (Å²) in [6.07, 6.45) is 8.60. The van der Waals surface area contributed by atoms with E-state index in [1.807, 2.05) is 37.3 Å². The van der Waals surface area contributed by atoms with E-state index in [1.54, 1.807) is 18.7 Å². The zero-order valence-electron chi connectivity index (χ0n) is 14.7. The topological polar surface area (TPSA) is 74.2 Å². The van der Waals surface area contributed by atoms with Crippen LogP contribution < -0.4 is 15.1 Å². The van der Waals surface area contributed by atoms with Gasteiger partial charge in [0, 0.05) is 52.0 Å². The molecule has 132 valence electrons. The van der Waals surface area contributed by atoms with Gasteiger partial charge in [0.05, 0.1) is 11.9 Å². The third-order valence-electron chi connectivity index (χ3n) is 4.49. The number of nitrogens with one attached hydrogen (secondary N) is 1. The molecule has 7 nitrogen and oxygen atoms in total. The molecule has 0 radical (unpaired) electrons. The Morgan fingerprint density at radius 1 is 1.28 bits per heavy atom. The van der Waals surface area contributed by atoms with Crippen LogP contribution in [-0.4, -0.2) is 48.0 Å². The summed E-state index contributed by atoms with van der Waals surface area (Å²) in [5.41, 5.74) is 2.05. The third kappa shape index (κ3) is 4.23. The Morgan fingerprint density at radius 3 is 2.76 bits per heavy atom. The minimum atomic E-state index is 0.0559. The van der Waals surface area contributed by atoms with Crippen LogP contribution in [-0.2, 0) is 11.3 Å². The predicted octanol–water partition coefficient (Wildman–Crippen LogP) is 1.47. The maximum Gasteiger partial charge on any atom is 0.223 e. The van der Waals surface area contributed by atoms with Gasteiger partial charge in [-0.3, -0.25) is 9.78 Å². The molecule has 3 heterocycles. The number of amides is 1. The largest absolute Gasteiger partial charge is 0.367 e. The van der Waals surface area contributed by atoms with Gasteiger partial charge in [0.2, 0.25) is 5.91 Å². The van der Waals surface area contributed by atoms with Crippen LogP contribution in [0.3, 0.4) is 0 Å². The summed E-state index contributed by atoms with van der Waals surface area (Å²) in [4.78, 5) is 29.2.